The zero-order chi connectivity index (χ0) is 12.9. The number of nitriles is 1. The Labute approximate surface area is 101 Å². The van der Waals surface area contributed by atoms with Gasteiger partial charge in [-0.15, -0.1) is 0 Å². The lowest BCUT2D eigenvalue weighted by atomic mass is 10.1. The average Bonchev–Trinajstić information content (AvgIpc) is 2.29. The summed E-state index contributed by atoms with van der Waals surface area (Å²) < 4.78 is 24.9. The molecule has 0 aromatic heterocycles. The predicted octanol–water partition coefficient (Wildman–Crippen LogP) is 0.559. The molecule has 0 aromatic rings. The van der Waals surface area contributed by atoms with Gasteiger partial charge in [-0.05, 0) is 25.7 Å². The van der Waals surface area contributed by atoms with Crippen LogP contribution in [0, 0.1) is 11.3 Å². The lowest BCUT2D eigenvalue weighted by Gasteiger charge is -2.31. The number of unbranched alkanes of at least 4 members (excludes halogenated alkanes) is 1. The Bertz CT molecular complexity index is 413. The molecule has 1 heterocycles. The quantitative estimate of drug-likeness (QED) is 0.728. The predicted molar refractivity (Wildman–Crippen MR) is 60.6 cm³/mol. The van der Waals surface area contributed by atoms with Crippen LogP contribution < -0.4 is 0 Å². The Kier molecular flexibility index (Phi) is 4.90. The van der Waals surface area contributed by atoms with E-state index >= 15 is 0 Å². The Morgan fingerprint density at radius 3 is 2.76 bits per heavy atom. The molecule has 0 radical (unpaired) electrons. The molecule has 17 heavy (non-hydrogen) atoms. The smallest absolute Gasteiger partial charge is 0.322 e. The molecule has 7 heteroatoms. The zero-order valence-corrected chi connectivity index (χ0v) is 10.3. The molecule has 1 aliphatic rings. The van der Waals surface area contributed by atoms with Crippen LogP contribution in [-0.4, -0.2) is 42.1 Å². The van der Waals surface area contributed by atoms with E-state index in [9.17, 15) is 13.2 Å². The first-order valence-electron chi connectivity index (χ1n) is 5.58. The van der Waals surface area contributed by atoms with Gasteiger partial charge in [-0.1, -0.05) is 0 Å². The number of piperidine rings is 1. The van der Waals surface area contributed by atoms with Crippen molar-refractivity contribution in [2.75, 3.05) is 12.3 Å². The second-order valence-corrected chi connectivity index (χ2v) is 6.08. The molecule has 1 atom stereocenters. The van der Waals surface area contributed by atoms with E-state index < -0.39 is 22.0 Å². The Balaban J connectivity index is 2.73. The molecule has 1 rings (SSSR count). The molecular formula is C10H16N2O4S. The minimum absolute atomic E-state index is 0.148. The fraction of sp³-hybridized carbons (Fsp3) is 0.800. The van der Waals surface area contributed by atoms with Gasteiger partial charge in [0, 0.05) is 13.0 Å². The van der Waals surface area contributed by atoms with Crippen molar-refractivity contribution in [1.82, 2.24) is 4.31 Å². The Morgan fingerprint density at radius 2 is 2.18 bits per heavy atom. The lowest BCUT2D eigenvalue weighted by Crippen LogP contribution is -2.48. The molecule has 6 nitrogen and oxygen atoms in total. The minimum Gasteiger partial charge on any atom is -0.480 e. The summed E-state index contributed by atoms with van der Waals surface area (Å²) in [5, 5.41) is 17.3. The average molecular weight is 260 g/mol. The highest BCUT2D eigenvalue weighted by molar-refractivity contribution is 7.89. The van der Waals surface area contributed by atoms with Crippen LogP contribution in [0.25, 0.3) is 0 Å². The molecular weight excluding hydrogens is 244 g/mol. The molecule has 1 saturated heterocycles. The third-order valence-electron chi connectivity index (χ3n) is 2.79. The van der Waals surface area contributed by atoms with Crippen LogP contribution in [0.4, 0.5) is 0 Å². The van der Waals surface area contributed by atoms with Crippen molar-refractivity contribution >= 4 is 16.0 Å². The SMILES string of the molecule is N#CCCCS(=O)(=O)N1CCCCC1C(=O)O. The topological polar surface area (TPSA) is 98.5 Å². The number of nitrogens with zero attached hydrogens (tertiary/aromatic N) is 2. The van der Waals surface area contributed by atoms with Gasteiger partial charge >= 0.3 is 5.97 Å². The van der Waals surface area contributed by atoms with Crippen molar-refractivity contribution in [2.24, 2.45) is 0 Å². The van der Waals surface area contributed by atoms with Crippen molar-refractivity contribution in [3.05, 3.63) is 0 Å². The van der Waals surface area contributed by atoms with Crippen LogP contribution in [0.3, 0.4) is 0 Å². The van der Waals surface area contributed by atoms with Gasteiger partial charge in [0.05, 0.1) is 11.8 Å². The highest BCUT2D eigenvalue weighted by atomic mass is 32.2. The fourth-order valence-electron chi connectivity index (χ4n) is 1.94. The van der Waals surface area contributed by atoms with Gasteiger partial charge in [-0.3, -0.25) is 4.79 Å². The van der Waals surface area contributed by atoms with Crippen molar-refractivity contribution in [3.63, 3.8) is 0 Å². The van der Waals surface area contributed by atoms with E-state index in [1.165, 1.54) is 0 Å². The summed E-state index contributed by atoms with van der Waals surface area (Å²) in [5.74, 6) is -1.24. The van der Waals surface area contributed by atoms with Crippen LogP contribution in [0.1, 0.15) is 32.1 Å². The third kappa shape index (κ3) is 3.68. The summed E-state index contributed by atoms with van der Waals surface area (Å²) in [6.07, 6.45) is 2.22. The maximum atomic E-state index is 11.9. The standard InChI is InChI=1S/C10H16N2O4S/c11-6-2-4-8-17(15,16)12-7-3-1-5-9(12)10(13)14/h9H,1-5,7-8H2,(H,13,14). The second kappa shape index (κ2) is 5.98. The first kappa shape index (κ1) is 13.9. The van der Waals surface area contributed by atoms with Crippen LogP contribution in [0.5, 0.6) is 0 Å². The third-order valence-corrected chi connectivity index (χ3v) is 4.74. The lowest BCUT2D eigenvalue weighted by molar-refractivity contribution is -0.142. The monoisotopic (exact) mass is 260 g/mol. The molecule has 0 bridgehead atoms. The summed E-state index contributed by atoms with van der Waals surface area (Å²) in [4.78, 5) is 11.0. The van der Waals surface area contributed by atoms with E-state index in [4.69, 9.17) is 10.4 Å². The highest BCUT2D eigenvalue weighted by Gasteiger charge is 2.36. The van der Waals surface area contributed by atoms with Crippen LogP contribution in [0.15, 0.2) is 0 Å². The summed E-state index contributed by atoms with van der Waals surface area (Å²) in [6, 6.07) is 0.943. The van der Waals surface area contributed by atoms with Crippen molar-refractivity contribution in [3.8, 4) is 6.07 Å². The van der Waals surface area contributed by atoms with Gasteiger partial charge in [-0.25, -0.2) is 8.42 Å². The first-order chi connectivity index (χ1) is 7.99. The highest BCUT2D eigenvalue weighted by Crippen LogP contribution is 2.21. The Morgan fingerprint density at radius 1 is 1.47 bits per heavy atom. The number of hydrogen-bond acceptors (Lipinski definition) is 4. The summed E-state index contributed by atoms with van der Waals surface area (Å²) in [5.41, 5.74) is 0. The van der Waals surface area contributed by atoms with Gasteiger partial charge in [0.1, 0.15) is 6.04 Å². The molecule has 1 aliphatic heterocycles. The number of carboxylic acid groups (broad SMARTS) is 1. The molecule has 96 valence electrons. The van der Waals surface area contributed by atoms with E-state index in [0.29, 0.717) is 12.8 Å². The van der Waals surface area contributed by atoms with E-state index in [-0.39, 0.29) is 25.1 Å². The van der Waals surface area contributed by atoms with E-state index in [2.05, 4.69) is 0 Å². The van der Waals surface area contributed by atoms with E-state index in [1.54, 1.807) is 0 Å². The molecule has 0 aliphatic carbocycles. The van der Waals surface area contributed by atoms with Gasteiger partial charge in [0.2, 0.25) is 10.0 Å². The maximum Gasteiger partial charge on any atom is 0.322 e. The van der Waals surface area contributed by atoms with Gasteiger partial charge < -0.3 is 5.11 Å². The number of aliphatic carboxylic acids is 1. The Hall–Kier alpha value is -1.13. The number of carboxylic acids is 1. The van der Waals surface area contributed by atoms with Crippen molar-refractivity contribution in [2.45, 2.75) is 38.1 Å². The molecule has 0 spiro atoms. The largest absolute Gasteiger partial charge is 0.480 e. The molecule has 0 saturated carbocycles. The van der Waals surface area contributed by atoms with E-state index in [0.717, 1.165) is 10.7 Å². The second-order valence-electron chi connectivity index (χ2n) is 4.04. The van der Waals surface area contributed by atoms with Gasteiger partial charge in [-0.2, -0.15) is 9.57 Å². The normalized spacial score (nSPS) is 21.9. The number of rotatable bonds is 5. The fourth-order valence-corrected chi connectivity index (χ4v) is 3.67. The minimum atomic E-state index is -3.55. The summed E-state index contributed by atoms with van der Waals surface area (Å²) in [7, 11) is -3.55. The summed E-state index contributed by atoms with van der Waals surface area (Å²) >= 11 is 0. The molecule has 1 N–H and O–H groups in total. The van der Waals surface area contributed by atoms with Gasteiger partial charge in [0.15, 0.2) is 0 Å². The van der Waals surface area contributed by atoms with E-state index in [1.807, 2.05) is 6.07 Å². The zero-order valence-electron chi connectivity index (χ0n) is 9.50. The maximum absolute atomic E-state index is 11.9. The van der Waals surface area contributed by atoms with Crippen LogP contribution >= 0.6 is 0 Å². The molecule has 0 amide bonds. The van der Waals surface area contributed by atoms with Crippen molar-refractivity contribution in [1.29, 1.82) is 5.26 Å². The molecule has 1 fully saturated rings. The molecule has 0 aromatic carbocycles. The summed E-state index contributed by atoms with van der Waals surface area (Å²) in [6.45, 7) is 0.270. The molecule has 1 unspecified atom stereocenters. The first-order valence-corrected chi connectivity index (χ1v) is 7.19. The van der Waals surface area contributed by atoms with Crippen LogP contribution in [0.2, 0.25) is 0 Å². The number of sulfonamides is 1. The number of hydrogen-bond donors (Lipinski definition) is 1. The van der Waals surface area contributed by atoms with Crippen LogP contribution in [-0.2, 0) is 14.8 Å². The van der Waals surface area contributed by atoms with Crippen molar-refractivity contribution < 1.29 is 18.3 Å². The number of carbonyl (C=O) groups is 1. The van der Waals surface area contributed by atoms with Gasteiger partial charge in [0.25, 0.3) is 0 Å².